The first-order chi connectivity index (χ1) is 20.9. The van der Waals surface area contributed by atoms with Crippen LogP contribution in [0.15, 0.2) is 46.0 Å². The summed E-state index contributed by atoms with van der Waals surface area (Å²) in [5, 5.41) is 6.03. The number of aromatic nitrogens is 1. The number of hydrogen-bond donors (Lipinski definition) is 1. The molecular weight excluding hydrogens is 597 g/mol. The van der Waals surface area contributed by atoms with Crippen molar-refractivity contribution >= 4 is 40.8 Å². The van der Waals surface area contributed by atoms with Crippen molar-refractivity contribution in [1.29, 1.82) is 0 Å². The average molecular weight is 632 g/mol. The molecule has 1 N–H and O–H groups in total. The molecule has 14 heteroatoms. The van der Waals surface area contributed by atoms with Crippen molar-refractivity contribution in [2.45, 2.75) is 24.5 Å². The highest BCUT2D eigenvalue weighted by molar-refractivity contribution is 7.11. The van der Waals surface area contributed by atoms with Crippen molar-refractivity contribution in [2.75, 3.05) is 73.2 Å². The van der Waals surface area contributed by atoms with E-state index in [1.165, 1.54) is 30.6 Å². The van der Waals surface area contributed by atoms with Gasteiger partial charge in [0.15, 0.2) is 10.8 Å². The van der Waals surface area contributed by atoms with E-state index in [-0.39, 0.29) is 23.1 Å². The predicted molar refractivity (Wildman–Crippen MR) is 161 cm³/mol. The lowest BCUT2D eigenvalue weighted by Gasteiger charge is -2.38. The van der Waals surface area contributed by atoms with Crippen LogP contribution in [0.4, 0.5) is 9.18 Å². The Bertz CT molecular complexity index is 1420. The zero-order valence-corrected chi connectivity index (χ0v) is 25.7. The zero-order valence-electron chi connectivity index (χ0n) is 24.2. The number of carbonyl (C=O) groups excluding carboxylic acids is 2. The Hall–Kier alpha value is -3.10. The number of likely N-dealkylation sites (tertiary alicyclic amines) is 1. The monoisotopic (exact) mass is 631 g/mol. The van der Waals surface area contributed by atoms with Crippen LogP contribution in [0.5, 0.6) is 0 Å². The molecule has 0 bridgehead atoms. The van der Waals surface area contributed by atoms with Crippen LogP contribution in [0, 0.1) is 5.82 Å². The van der Waals surface area contributed by atoms with E-state index in [1.807, 2.05) is 15.2 Å². The number of urea groups is 1. The fourth-order valence-electron chi connectivity index (χ4n) is 6.43. The Morgan fingerprint density at radius 1 is 1.14 bits per heavy atom. The van der Waals surface area contributed by atoms with Gasteiger partial charge in [0.2, 0.25) is 0 Å². The van der Waals surface area contributed by atoms with Crippen molar-refractivity contribution in [3.63, 3.8) is 0 Å². The third-order valence-electron chi connectivity index (χ3n) is 8.57. The highest BCUT2D eigenvalue weighted by atomic mass is 35.5. The smallest absolute Gasteiger partial charge is 0.338 e. The first kappa shape index (κ1) is 29.9. The largest absolute Gasteiger partial charge is 0.466 e. The Kier molecular flexibility index (Phi) is 8.96. The quantitative estimate of drug-likeness (QED) is 0.422. The van der Waals surface area contributed by atoms with Crippen molar-refractivity contribution in [3.05, 3.63) is 62.5 Å². The summed E-state index contributed by atoms with van der Waals surface area (Å²) in [5.74, 6) is -0.521. The van der Waals surface area contributed by atoms with Crippen LogP contribution in [0.3, 0.4) is 0 Å². The lowest BCUT2D eigenvalue weighted by atomic mass is 9.95. The van der Waals surface area contributed by atoms with Crippen LogP contribution in [0.1, 0.15) is 23.0 Å². The molecule has 3 saturated heterocycles. The van der Waals surface area contributed by atoms with Crippen molar-refractivity contribution in [1.82, 2.24) is 29.9 Å². The number of carbonyl (C=O) groups is 2. The Morgan fingerprint density at radius 3 is 2.72 bits per heavy atom. The number of thiazole rings is 1. The second-order valence-electron chi connectivity index (χ2n) is 11.1. The summed E-state index contributed by atoms with van der Waals surface area (Å²) in [5.41, 5.74) is 1.43. The number of ether oxygens (including phenoxy) is 2. The molecule has 2 aromatic rings. The Labute approximate surface area is 258 Å². The highest BCUT2D eigenvalue weighted by Gasteiger charge is 2.45. The number of fused-ring (bicyclic) bond motifs is 1. The van der Waals surface area contributed by atoms with Gasteiger partial charge in [0, 0.05) is 93.4 Å². The van der Waals surface area contributed by atoms with E-state index >= 15 is 0 Å². The fraction of sp³-hybridized carbons (Fsp3) is 0.517. The summed E-state index contributed by atoms with van der Waals surface area (Å²) in [6.45, 7) is 6.37. The van der Waals surface area contributed by atoms with E-state index in [1.54, 1.807) is 19.4 Å². The molecule has 11 nitrogen and oxygen atoms in total. The normalized spacial score (nSPS) is 24.8. The molecule has 3 atom stereocenters. The van der Waals surface area contributed by atoms with Gasteiger partial charge in [-0.25, -0.2) is 19.0 Å². The summed E-state index contributed by atoms with van der Waals surface area (Å²) in [7, 11) is 3.03. The molecule has 0 spiro atoms. The molecule has 6 rings (SSSR count). The number of hydrogen-bond acceptors (Lipinski definition) is 10. The van der Waals surface area contributed by atoms with Crippen molar-refractivity contribution in [2.24, 2.45) is 4.99 Å². The molecule has 230 valence electrons. The van der Waals surface area contributed by atoms with Crippen LogP contribution < -0.4 is 5.32 Å². The Morgan fingerprint density at radius 2 is 1.98 bits per heavy atom. The number of benzene rings is 1. The SMILES string of the molecule is COCCN1CCC(N2CC3CN(CC4=C(C(=O)OC)[C@H](c5ccc(F)cc5Cl)N=C(c5nccs5)N4)CCN3C2=O)C1. The number of amides is 2. The summed E-state index contributed by atoms with van der Waals surface area (Å²) in [4.78, 5) is 44.5. The van der Waals surface area contributed by atoms with E-state index in [2.05, 4.69) is 20.1 Å². The second kappa shape index (κ2) is 12.9. The van der Waals surface area contributed by atoms with Crippen LogP contribution in [-0.4, -0.2) is 128 Å². The lowest BCUT2D eigenvalue weighted by molar-refractivity contribution is -0.136. The Balaban J connectivity index is 1.23. The molecule has 4 aliphatic heterocycles. The van der Waals surface area contributed by atoms with E-state index < -0.39 is 17.8 Å². The summed E-state index contributed by atoms with van der Waals surface area (Å²) in [6, 6.07) is 3.62. The lowest BCUT2D eigenvalue weighted by Crippen LogP contribution is -2.53. The second-order valence-corrected chi connectivity index (χ2v) is 12.4. The minimum atomic E-state index is -0.816. The maximum Gasteiger partial charge on any atom is 0.338 e. The fourth-order valence-corrected chi connectivity index (χ4v) is 7.29. The third kappa shape index (κ3) is 6.14. The highest BCUT2D eigenvalue weighted by Crippen LogP contribution is 2.37. The van der Waals surface area contributed by atoms with Crippen LogP contribution in [-0.2, 0) is 14.3 Å². The van der Waals surface area contributed by atoms with Crippen LogP contribution in [0.25, 0.3) is 0 Å². The number of nitrogens with one attached hydrogen (secondary N) is 1. The van der Waals surface area contributed by atoms with Gasteiger partial charge in [0.1, 0.15) is 11.9 Å². The molecule has 0 saturated carbocycles. The number of piperazine rings is 1. The number of halogens is 2. The standard InChI is InChI=1S/C29H35ClFN7O4S/c1-41-11-10-35-7-5-19(14-35)38-16-20-15-36(8-9-37(20)29(38)40)17-23-24(28(39)42-2)25(21-4-3-18(31)13-22(21)30)34-26(33-23)27-32-6-12-43-27/h3-4,6,12-13,19-20,25H,5,7-11,14-17H2,1-2H3,(H,33,34)/t19?,20?,25-/m0/s1. The third-order valence-corrected chi connectivity index (χ3v) is 9.68. The van der Waals surface area contributed by atoms with Gasteiger partial charge in [-0.3, -0.25) is 14.8 Å². The molecule has 2 amide bonds. The van der Waals surface area contributed by atoms with E-state index in [0.29, 0.717) is 67.0 Å². The van der Waals surface area contributed by atoms with Crippen LogP contribution >= 0.6 is 22.9 Å². The summed E-state index contributed by atoms with van der Waals surface area (Å²) >= 11 is 7.90. The number of rotatable bonds is 9. The zero-order chi connectivity index (χ0) is 30.1. The number of methoxy groups -OCH3 is 2. The molecule has 3 fully saturated rings. The van der Waals surface area contributed by atoms with Crippen LogP contribution in [0.2, 0.25) is 5.02 Å². The topological polar surface area (TPSA) is 103 Å². The van der Waals surface area contributed by atoms with Gasteiger partial charge in [0.05, 0.1) is 25.3 Å². The number of amidine groups is 1. The van der Waals surface area contributed by atoms with Gasteiger partial charge in [-0.2, -0.15) is 0 Å². The maximum absolute atomic E-state index is 14.0. The first-order valence-electron chi connectivity index (χ1n) is 14.4. The molecule has 4 aliphatic rings. The van der Waals surface area contributed by atoms with E-state index in [9.17, 15) is 14.0 Å². The molecule has 1 aromatic carbocycles. The minimum Gasteiger partial charge on any atom is -0.466 e. The summed E-state index contributed by atoms with van der Waals surface area (Å²) in [6.07, 6.45) is 2.65. The number of aliphatic imine (C=N–C) groups is 1. The van der Waals surface area contributed by atoms with Crippen molar-refractivity contribution < 1.29 is 23.5 Å². The maximum atomic E-state index is 14.0. The number of nitrogens with zero attached hydrogens (tertiary/aromatic N) is 6. The molecule has 0 aliphatic carbocycles. The van der Waals surface area contributed by atoms with E-state index in [4.69, 9.17) is 26.1 Å². The molecule has 43 heavy (non-hydrogen) atoms. The predicted octanol–water partition coefficient (Wildman–Crippen LogP) is 2.60. The van der Waals surface area contributed by atoms with Gasteiger partial charge in [-0.15, -0.1) is 11.3 Å². The summed E-state index contributed by atoms with van der Waals surface area (Å²) < 4.78 is 24.4. The van der Waals surface area contributed by atoms with Gasteiger partial charge in [-0.1, -0.05) is 17.7 Å². The molecular formula is C29H35ClFN7O4S. The van der Waals surface area contributed by atoms with Gasteiger partial charge >= 0.3 is 12.0 Å². The first-order valence-corrected chi connectivity index (χ1v) is 15.6. The van der Waals surface area contributed by atoms with Crippen molar-refractivity contribution in [3.8, 4) is 0 Å². The molecule has 2 unspecified atom stereocenters. The number of esters is 1. The average Bonchev–Trinajstić information content (AvgIpc) is 3.76. The van der Waals surface area contributed by atoms with Gasteiger partial charge in [-0.05, 0) is 18.6 Å². The molecule has 5 heterocycles. The van der Waals surface area contributed by atoms with Gasteiger partial charge in [0.25, 0.3) is 0 Å². The van der Waals surface area contributed by atoms with E-state index in [0.717, 1.165) is 26.1 Å². The van der Waals surface area contributed by atoms with Gasteiger partial charge < -0.3 is 24.6 Å². The molecule has 1 aromatic heterocycles. The minimum absolute atomic E-state index is 0.0504. The molecule has 0 radical (unpaired) electrons.